The maximum Gasteiger partial charge on any atom is 0.191 e. The first-order chi connectivity index (χ1) is 15.1. The summed E-state index contributed by atoms with van der Waals surface area (Å²) in [6.07, 6.45) is 1.97. The minimum absolute atomic E-state index is 0.125. The van der Waals surface area contributed by atoms with Crippen LogP contribution < -0.4 is 20.1 Å². The number of nitrogens with zero attached hydrogens (tertiary/aromatic N) is 2. The van der Waals surface area contributed by atoms with E-state index in [2.05, 4.69) is 32.7 Å². The molecule has 1 aliphatic carbocycles. The van der Waals surface area contributed by atoms with Gasteiger partial charge in [0.1, 0.15) is 17.3 Å². The summed E-state index contributed by atoms with van der Waals surface area (Å²) in [5.74, 6) is 2.49. The van der Waals surface area contributed by atoms with Crippen molar-refractivity contribution in [3.8, 4) is 11.5 Å². The lowest BCUT2D eigenvalue weighted by Gasteiger charge is -2.19. The zero-order chi connectivity index (χ0) is 21.8. The van der Waals surface area contributed by atoms with E-state index in [1.54, 1.807) is 27.3 Å². The second kappa shape index (κ2) is 9.56. The number of benzene rings is 2. The summed E-state index contributed by atoms with van der Waals surface area (Å²) >= 11 is 0. The molecule has 3 unspecified atom stereocenters. The molecule has 2 N–H and O–H groups in total. The Morgan fingerprint density at radius 1 is 1.13 bits per heavy atom. The Morgan fingerprint density at radius 3 is 2.55 bits per heavy atom. The molecule has 0 bridgehead atoms. The van der Waals surface area contributed by atoms with Gasteiger partial charge in [-0.2, -0.15) is 0 Å². The largest absolute Gasteiger partial charge is 0.497 e. The normalized spacial score (nSPS) is 23.5. The molecule has 2 aliphatic rings. The molecule has 2 aromatic rings. The van der Waals surface area contributed by atoms with Crippen molar-refractivity contribution in [1.82, 2.24) is 15.5 Å². The molecule has 166 valence electrons. The number of nitrogens with one attached hydrogen (secondary N) is 2. The third-order valence-electron chi connectivity index (χ3n) is 6.07. The molecule has 1 saturated carbocycles. The number of rotatable bonds is 7. The van der Waals surface area contributed by atoms with E-state index in [0.29, 0.717) is 6.04 Å². The number of likely N-dealkylation sites (tertiary alicyclic amines) is 1. The quantitative estimate of drug-likeness (QED) is 0.526. The highest BCUT2D eigenvalue weighted by molar-refractivity contribution is 5.81. The van der Waals surface area contributed by atoms with Gasteiger partial charge in [-0.05, 0) is 42.2 Å². The van der Waals surface area contributed by atoms with Gasteiger partial charge < -0.3 is 20.1 Å². The number of hydrogen-bond donors (Lipinski definition) is 2. The van der Waals surface area contributed by atoms with Crippen LogP contribution in [-0.2, 0) is 6.54 Å². The van der Waals surface area contributed by atoms with E-state index in [1.165, 1.54) is 11.6 Å². The number of guanidine groups is 1. The topological polar surface area (TPSA) is 58.1 Å². The lowest BCUT2D eigenvalue weighted by molar-refractivity contribution is 0.321. The minimum Gasteiger partial charge on any atom is -0.497 e. The minimum atomic E-state index is -0.125. The second-order valence-corrected chi connectivity index (χ2v) is 8.27. The fourth-order valence-corrected chi connectivity index (χ4v) is 4.32. The van der Waals surface area contributed by atoms with Crippen LogP contribution in [0.1, 0.15) is 29.9 Å². The van der Waals surface area contributed by atoms with Crippen molar-refractivity contribution >= 4 is 5.96 Å². The molecule has 0 aromatic heterocycles. The molecule has 31 heavy (non-hydrogen) atoms. The van der Waals surface area contributed by atoms with Crippen LogP contribution in [0.2, 0.25) is 0 Å². The third kappa shape index (κ3) is 5.28. The van der Waals surface area contributed by atoms with Gasteiger partial charge >= 0.3 is 0 Å². The van der Waals surface area contributed by atoms with Crippen LogP contribution in [0.25, 0.3) is 0 Å². The van der Waals surface area contributed by atoms with Gasteiger partial charge in [0, 0.05) is 50.7 Å². The summed E-state index contributed by atoms with van der Waals surface area (Å²) in [7, 11) is 5.12. The van der Waals surface area contributed by atoms with Crippen molar-refractivity contribution < 1.29 is 13.9 Å². The summed E-state index contributed by atoms with van der Waals surface area (Å²) in [5.41, 5.74) is 1.96. The summed E-state index contributed by atoms with van der Waals surface area (Å²) < 4.78 is 24.8. The molecule has 0 amide bonds. The summed E-state index contributed by atoms with van der Waals surface area (Å²) in [6, 6.07) is 13.6. The summed E-state index contributed by atoms with van der Waals surface area (Å²) in [5, 5.41) is 7.00. The monoisotopic (exact) mass is 426 g/mol. The predicted molar refractivity (Wildman–Crippen MR) is 120 cm³/mol. The molecule has 2 fully saturated rings. The standard InChI is InChI=1S/C24H31FN4O2/c1-26-24(28-23-13-21(23)20-6-4-5-7-22(20)25)27-17-8-9-29(15-17)14-16-10-18(30-2)12-19(11-16)31-3/h4-7,10-12,17,21,23H,8-9,13-15H2,1-3H3,(H2,26,27,28). The molecule has 3 atom stereocenters. The van der Waals surface area contributed by atoms with Gasteiger partial charge in [-0.15, -0.1) is 0 Å². The smallest absolute Gasteiger partial charge is 0.191 e. The molecule has 2 aromatic carbocycles. The molecule has 1 saturated heterocycles. The SMILES string of the molecule is CN=C(NC1CCN(Cc2cc(OC)cc(OC)c2)C1)NC1CC1c1ccccc1F. The van der Waals surface area contributed by atoms with Crippen LogP contribution in [-0.4, -0.2) is 57.3 Å². The lowest BCUT2D eigenvalue weighted by atomic mass is 10.1. The predicted octanol–water partition coefficient (Wildman–Crippen LogP) is 3.14. The van der Waals surface area contributed by atoms with Crippen molar-refractivity contribution in [2.75, 3.05) is 34.4 Å². The van der Waals surface area contributed by atoms with Crippen molar-refractivity contribution in [2.24, 2.45) is 4.99 Å². The maximum atomic E-state index is 14.0. The van der Waals surface area contributed by atoms with Crippen LogP contribution >= 0.6 is 0 Å². The second-order valence-electron chi connectivity index (χ2n) is 8.27. The van der Waals surface area contributed by atoms with Gasteiger partial charge in [0.15, 0.2) is 5.96 Å². The zero-order valence-electron chi connectivity index (χ0n) is 18.4. The van der Waals surface area contributed by atoms with Crippen molar-refractivity contribution in [1.29, 1.82) is 0 Å². The number of hydrogen-bond acceptors (Lipinski definition) is 4. The van der Waals surface area contributed by atoms with E-state index in [-0.39, 0.29) is 17.8 Å². The van der Waals surface area contributed by atoms with Gasteiger partial charge in [0.25, 0.3) is 0 Å². The van der Waals surface area contributed by atoms with E-state index in [0.717, 1.165) is 55.5 Å². The highest BCUT2D eigenvalue weighted by Crippen LogP contribution is 2.41. The Hall–Kier alpha value is -2.80. The van der Waals surface area contributed by atoms with Crippen molar-refractivity contribution in [2.45, 2.75) is 37.4 Å². The van der Waals surface area contributed by atoms with E-state index in [9.17, 15) is 4.39 Å². The van der Waals surface area contributed by atoms with Crippen molar-refractivity contribution in [3.05, 3.63) is 59.4 Å². The Kier molecular flexibility index (Phi) is 6.61. The molecule has 7 heteroatoms. The van der Waals surface area contributed by atoms with Crippen molar-refractivity contribution in [3.63, 3.8) is 0 Å². The molecule has 0 radical (unpaired) electrons. The maximum absolute atomic E-state index is 14.0. The van der Waals surface area contributed by atoms with E-state index in [4.69, 9.17) is 9.47 Å². The molecule has 1 heterocycles. The van der Waals surface area contributed by atoms with Crippen LogP contribution in [0.15, 0.2) is 47.5 Å². The van der Waals surface area contributed by atoms with Gasteiger partial charge in [-0.25, -0.2) is 4.39 Å². The number of methoxy groups -OCH3 is 2. The first-order valence-electron chi connectivity index (χ1n) is 10.8. The molecule has 1 aliphatic heterocycles. The Morgan fingerprint density at radius 2 is 1.87 bits per heavy atom. The highest BCUT2D eigenvalue weighted by Gasteiger charge is 2.40. The van der Waals surface area contributed by atoms with Crippen LogP contribution in [0, 0.1) is 5.82 Å². The Labute approximate surface area is 183 Å². The van der Waals surface area contributed by atoms with Gasteiger partial charge in [-0.3, -0.25) is 9.89 Å². The Balaban J connectivity index is 1.28. The van der Waals surface area contributed by atoms with Crippen LogP contribution in [0.3, 0.4) is 0 Å². The molecule has 4 rings (SSSR count). The average molecular weight is 427 g/mol. The first-order valence-corrected chi connectivity index (χ1v) is 10.8. The van der Waals surface area contributed by atoms with Gasteiger partial charge in [0.05, 0.1) is 14.2 Å². The van der Waals surface area contributed by atoms with Gasteiger partial charge in [-0.1, -0.05) is 18.2 Å². The molecular weight excluding hydrogens is 395 g/mol. The number of halogens is 1. The lowest BCUT2D eigenvalue weighted by Crippen LogP contribution is -2.45. The Bertz CT molecular complexity index is 913. The van der Waals surface area contributed by atoms with E-state index < -0.39 is 0 Å². The van der Waals surface area contributed by atoms with Crippen LogP contribution in [0.4, 0.5) is 4.39 Å². The number of ether oxygens (including phenoxy) is 2. The fourth-order valence-electron chi connectivity index (χ4n) is 4.32. The zero-order valence-corrected chi connectivity index (χ0v) is 18.4. The fraction of sp³-hybridized carbons (Fsp3) is 0.458. The molecule has 6 nitrogen and oxygen atoms in total. The van der Waals surface area contributed by atoms with E-state index >= 15 is 0 Å². The summed E-state index contributed by atoms with van der Waals surface area (Å²) in [6.45, 7) is 2.78. The van der Waals surface area contributed by atoms with Gasteiger partial charge in [0.2, 0.25) is 0 Å². The first kappa shape index (κ1) is 21.4. The highest BCUT2D eigenvalue weighted by atomic mass is 19.1. The average Bonchev–Trinajstić information content (AvgIpc) is 3.41. The number of aliphatic imine (C=N–C) groups is 1. The third-order valence-corrected chi connectivity index (χ3v) is 6.07. The molecule has 0 spiro atoms. The van der Waals surface area contributed by atoms with Crippen LogP contribution in [0.5, 0.6) is 11.5 Å². The summed E-state index contributed by atoms with van der Waals surface area (Å²) in [4.78, 5) is 6.80. The molecular formula is C24H31FN4O2. The van der Waals surface area contributed by atoms with E-state index in [1.807, 2.05) is 18.2 Å².